The highest BCUT2D eigenvalue weighted by Crippen LogP contribution is 2.03. The summed E-state index contributed by atoms with van der Waals surface area (Å²) in [5, 5.41) is 11.2. The summed E-state index contributed by atoms with van der Waals surface area (Å²) >= 11 is 1.76. The van der Waals surface area contributed by atoms with Crippen molar-refractivity contribution in [1.29, 1.82) is 5.26 Å². The third kappa shape index (κ3) is 5.53. The smallest absolute Gasteiger partial charge is 0.237 e. The Bertz CT molecular complexity index is 200. The third-order valence-corrected chi connectivity index (χ3v) is 2.57. The maximum Gasteiger partial charge on any atom is 0.237 e. The zero-order chi connectivity index (χ0) is 10.3. The van der Waals surface area contributed by atoms with E-state index in [0.29, 0.717) is 12.5 Å². The van der Waals surface area contributed by atoms with Gasteiger partial charge in [0.1, 0.15) is 5.92 Å². The van der Waals surface area contributed by atoms with Crippen LogP contribution in [0.25, 0.3) is 0 Å². The summed E-state index contributed by atoms with van der Waals surface area (Å²) < 4.78 is 0. The second kappa shape index (κ2) is 6.79. The number of nitrogens with zero attached hydrogens (tertiary/aromatic N) is 1. The highest BCUT2D eigenvalue weighted by Gasteiger charge is 2.11. The van der Waals surface area contributed by atoms with E-state index in [1.165, 1.54) is 0 Å². The highest BCUT2D eigenvalue weighted by atomic mass is 32.2. The minimum absolute atomic E-state index is 0.171. The van der Waals surface area contributed by atoms with E-state index < -0.39 is 5.92 Å². The highest BCUT2D eigenvalue weighted by molar-refractivity contribution is 7.98. The van der Waals surface area contributed by atoms with Crippen molar-refractivity contribution in [2.45, 2.75) is 13.8 Å². The van der Waals surface area contributed by atoms with Gasteiger partial charge in [0.25, 0.3) is 0 Å². The van der Waals surface area contributed by atoms with Gasteiger partial charge < -0.3 is 5.32 Å². The van der Waals surface area contributed by atoms with Crippen LogP contribution in [0.3, 0.4) is 0 Å². The summed E-state index contributed by atoms with van der Waals surface area (Å²) in [5.41, 5.74) is 0. The molecule has 1 N–H and O–H groups in total. The number of hydrogen-bond acceptors (Lipinski definition) is 3. The molecular formula is C9H16N2OS. The van der Waals surface area contributed by atoms with Gasteiger partial charge in [-0.1, -0.05) is 6.92 Å². The van der Waals surface area contributed by atoms with Crippen LogP contribution in [0.4, 0.5) is 0 Å². The molecule has 0 aliphatic carbocycles. The number of carbonyl (C=O) groups is 1. The van der Waals surface area contributed by atoms with E-state index in [1.807, 2.05) is 12.3 Å². The Balaban J connectivity index is 3.65. The average Bonchev–Trinajstić information content (AvgIpc) is 2.13. The van der Waals surface area contributed by atoms with Crippen molar-refractivity contribution < 1.29 is 4.79 Å². The molecule has 0 aliphatic heterocycles. The number of carbonyl (C=O) groups excluding carboxylic acids is 1. The van der Waals surface area contributed by atoms with Crippen LogP contribution in [0.2, 0.25) is 0 Å². The molecule has 74 valence electrons. The van der Waals surface area contributed by atoms with E-state index in [9.17, 15) is 4.79 Å². The van der Waals surface area contributed by atoms with Gasteiger partial charge in [-0.25, -0.2) is 0 Å². The van der Waals surface area contributed by atoms with Crippen LogP contribution in [0.1, 0.15) is 13.8 Å². The third-order valence-electron chi connectivity index (χ3n) is 1.66. The molecule has 1 amide bonds. The Kier molecular flexibility index (Phi) is 6.43. The van der Waals surface area contributed by atoms with Crippen LogP contribution in [-0.2, 0) is 4.79 Å². The van der Waals surface area contributed by atoms with Gasteiger partial charge in [-0.15, -0.1) is 0 Å². The number of hydrogen-bond donors (Lipinski definition) is 1. The van der Waals surface area contributed by atoms with E-state index in [0.717, 1.165) is 5.75 Å². The zero-order valence-corrected chi connectivity index (χ0v) is 9.15. The zero-order valence-electron chi connectivity index (χ0n) is 8.33. The molecule has 0 radical (unpaired) electrons. The lowest BCUT2D eigenvalue weighted by atomic mass is 10.1. The first kappa shape index (κ1) is 12.3. The largest absolute Gasteiger partial charge is 0.355 e. The maximum atomic E-state index is 11.1. The molecule has 0 spiro atoms. The van der Waals surface area contributed by atoms with Gasteiger partial charge in [-0.05, 0) is 24.9 Å². The first-order valence-electron chi connectivity index (χ1n) is 4.28. The van der Waals surface area contributed by atoms with Crippen molar-refractivity contribution in [1.82, 2.24) is 5.32 Å². The summed E-state index contributed by atoms with van der Waals surface area (Å²) in [4.78, 5) is 11.1. The van der Waals surface area contributed by atoms with Gasteiger partial charge in [0.15, 0.2) is 0 Å². The second-order valence-electron chi connectivity index (χ2n) is 3.16. The Morgan fingerprint density at radius 2 is 2.23 bits per heavy atom. The van der Waals surface area contributed by atoms with E-state index in [2.05, 4.69) is 12.2 Å². The number of nitriles is 1. The molecule has 0 aromatic rings. The predicted octanol–water partition coefficient (Wildman–Crippen LogP) is 1.26. The molecule has 4 heteroatoms. The average molecular weight is 200 g/mol. The summed E-state index contributed by atoms with van der Waals surface area (Å²) in [6.07, 6.45) is 2.04. The fraction of sp³-hybridized carbons (Fsp3) is 0.778. The molecule has 2 unspecified atom stereocenters. The molecule has 0 aromatic heterocycles. The van der Waals surface area contributed by atoms with Crippen molar-refractivity contribution in [3.63, 3.8) is 0 Å². The van der Waals surface area contributed by atoms with Gasteiger partial charge >= 0.3 is 0 Å². The number of rotatable bonds is 5. The Labute approximate surface area is 83.9 Å². The summed E-state index contributed by atoms with van der Waals surface area (Å²) in [5.74, 6) is 0.781. The summed E-state index contributed by atoms with van der Waals surface area (Å²) in [6, 6.07) is 1.90. The quantitative estimate of drug-likeness (QED) is 0.727. The molecule has 0 heterocycles. The second-order valence-corrected chi connectivity index (χ2v) is 4.07. The van der Waals surface area contributed by atoms with E-state index >= 15 is 0 Å². The molecule has 0 rings (SSSR count). The van der Waals surface area contributed by atoms with Crippen LogP contribution in [0, 0.1) is 23.2 Å². The molecule has 0 aromatic carbocycles. The van der Waals surface area contributed by atoms with Crippen LogP contribution in [-0.4, -0.2) is 24.5 Å². The Hall–Kier alpha value is -0.690. The van der Waals surface area contributed by atoms with Crippen LogP contribution >= 0.6 is 11.8 Å². The molecular weight excluding hydrogens is 184 g/mol. The van der Waals surface area contributed by atoms with E-state index in [4.69, 9.17) is 5.26 Å². The van der Waals surface area contributed by atoms with Crippen LogP contribution < -0.4 is 5.32 Å². The van der Waals surface area contributed by atoms with Crippen molar-refractivity contribution in [2.75, 3.05) is 18.6 Å². The van der Waals surface area contributed by atoms with Gasteiger partial charge in [-0.2, -0.15) is 17.0 Å². The lowest BCUT2D eigenvalue weighted by Crippen LogP contribution is -2.32. The lowest BCUT2D eigenvalue weighted by molar-refractivity contribution is -0.123. The molecule has 0 saturated heterocycles. The molecule has 3 nitrogen and oxygen atoms in total. The van der Waals surface area contributed by atoms with Crippen molar-refractivity contribution in [3.8, 4) is 6.07 Å². The molecule has 2 atom stereocenters. The fourth-order valence-corrected chi connectivity index (χ4v) is 1.52. The summed E-state index contributed by atoms with van der Waals surface area (Å²) in [6.45, 7) is 4.34. The van der Waals surface area contributed by atoms with Gasteiger partial charge in [-0.3, -0.25) is 4.79 Å². The lowest BCUT2D eigenvalue weighted by Gasteiger charge is -2.11. The standard InChI is InChI=1S/C9H16N2OS/c1-7(6-13-3)5-11-9(12)8(2)4-10/h7-8H,5-6H2,1-3H3,(H,11,12). The summed E-state index contributed by atoms with van der Waals surface area (Å²) in [7, 11) is 0. The first-order valence-corrected chi connectivity index (χ1v) is 5.67. The first-order chi connectivity index (χ1) is 6.11. The van der Waals surface area contributed by atoms with Gasteiger partial charge in [0, 0.05) is 6.54 Å². The number of amides is 1. The van der Waals surface area contributed by atoms with Crippen molar-refractivity contribution in [3.05, 3.63) is 0 Å². The molecule has 0 aliphatic rings. The predicted molar refractivity (Wildman–Crippen MR) is 55.3 cm³/mol. The maximum absolute atomic E-state index is 11.1. The van der Waals surface area contributed by atoms with Crippen LogP contribution in [0.15, 0.2) is 0 Å². The normalized spacial score (nSPS) is 14.3. The molecule has 0 fully saturated rings. The minimum Gasteiger partial charge on any atom is -0.355 e. The van der Waals surface area contributed by atoms with Gasteiger partial charge in [0.05, 0.1) is 6.07 Å². The van der Waals surface area contributed by atoms with Gasteiger partial charge in [0.2, 0.25) is 5.91 Å². The monoisotopic (exact) mass is 200 g/mol. The molecule has 0 bridgehead atoms. The van der Waals surface area contributed by atoms with E-state index in [-0.39, 0.29) is 5.91 Å². The fourth-order valence-electron chi connectivity index (χ4n) is 0.830. The number of nitrogens with one attached hydrogen (secondary N) is 1. The van der Waals surface area contributed by atoms with Crippen LogP contribution in [0.5, 0.6) is 0 Å². The van der Waals surface area contributed by atoms with E-state index in [1.54, 1.807) is 18.7 Å². The Morgan fingerprint density at radius 1 is 1.62 bits per heavy atom. The van der Waals surface area contributed by atoms with Crippen molar-refractivity contribution >= 4 is 17.7 Å². The molecule has 13 heavy (non-hydrogen) atoms. The number of thioether (sulfide) groups is 1. The minimum atomic E-state index is -0.540. The SMILES string of the molecule is CSCC(C)CNC(=O)C(C)C#N. The van der Waals surface area contributed by atoms with Crippen molar-refractivity contribution in [2.24, 2.45) is 11.8 Å². The topological polar surface area (TPSA) is 52.9 Å². The Morgan fingerprint density at radius 3 is 2.69 bits per heavy atom. The molecule has 0 saturated carbocycles.